The summed E-state index contributed by atoms with van der Waals surface area (Å²) in [5, 5.41) is 14.6. The second kappa shape index (κ2) is 6.00. The summed E-state index contributed by atoms with van der Waals surface area (Å²) >= 11 is 1.64. The highest BCUT2D eigenvalue weighted by Gasteiger charge is 2.17. The maximum atomic E-state index is 10.5. The van der Waals surface area contributed by atoms with E-state index in [-0.39, 0.29) is 0 Å². The molecule has 0 aliphatic carbocycles. The maximum Gasteiger partial charge on any atom is 0.112 e. The number of hydrogen-bond donors (Lipinski definition) is 1. The molecule has 0 saturated carbocycles. The monoisotopic (exact) mass is 300 g/mol. The van der Waals surface area contributed by atoms with Gasteiger partial charge < -0.3 is 9.67 Å². The van der Waals surface area contributed by atoms with Gasteiger partial charge in [-0.1, -0.05) is 19.1 Å². The van der Waals surface area contributed by atoms with Gasteiger partial charge in [0, 0.05) is 13.0 Å². The van der Waals surface area contributed by atoms with Gasteiger partial charge in [-0.2, -0.15) is 11.3 Å². The molecule has 0 amide bonds. The molecule has 1 N–H and O–H groups in total. The van der Waals surface area contributed by atoms with Crippen molar-refractivity contribution < 1.29 is 5.11 Å². The molecule has 0 fully saturated rings. The van der Waals surface area contributed by atoms with E-state index >= 15 is 0 Å². The smallest absolute Gasteiger partial charge is 0.112 e. The summed E-state index contributed by atoms with van der Waals surface area (Å²) in [5.74, 6) is 0.969. The van der Waals surface area contributed by atoms with Crippen LogP contribution in [0.2, 0.25) is 0 Å². The van der Waals surface area contributed by atoms with Crippen molar-refractivity contribution in [1.29, 1.82) is 0 Å². The van der Waals surface area contributed by atoms with Gasteiger partial charge in [0.15, 0.2) is 0 Å². The van der Waals surface area contributed by atoms with Gasteiger partial charge in [0.2, 0.25) is 0 Å². The molecule has 1 atom stereocenters. The number of aryl methyl sites for hydroxylation is 2. The normalized spacial score (nSPS) is 12.9. The van der Waals surface area contributed by atoms with Crippen LogP contribution in [0.15, 0.2) is 35.0 Å². The Morgan fingerprint density at radius 2 is 2.10 bits per heavy atom. The fourth-order valence-electron chi connectivity index (χ4n) is 2.75. The van der Waals surface area contributed by atoms with Crippen LogP contribution in [0.1, 0.15) is 36.4 Å². The van der Waals surface area contributed by atoms with Crippen LogP contribution < -0.4 is 0 Å². The summed E-state index contributed by atoms with van der Waals surface area (Å²) in [7, 11) is 0. The predicted molar refractivity (Wildman–Crippen MR) is 87.7 cm³/mol. The summed E-state index contributed by atoms with van der Waals surface area (Å²) in [5.41, 5.74) is 4.35. The number of aliphatic hydroxyl groups is 1. The zero-order valence-corrected chi connectivity index (χ0v) is 13.2. The summed E-state index contributed by atoms with van der Waals surface area (Å²) in [6, 6.07) is 8.19. The Morgan fingerprint density at radius 3 is 2.81 bits per heavy atom. The van der Waals surface area contributed by atoms with E-state index < -0.39 is 6.10 Å². The quantitative estimate of drug-likeness (QED) is 0.770. The SMILES string of the molecule is CCCn1c(CC(O)c2cscc2C)nc2ccccc21. The van der Waals surface area contributed by atoms with Crippen molar-refractivity contribution in [2.24, 2.45) is 0 Å². The van der Waals surface area contributed by atoms with E-state index in [1.807, 2.05) is 30.5 Å². The Bertz CT molecular complexity index is 744. The van der Waals surface area contributed by atoms with Crippen LogP contribution >= 0.6 is 11.3 Å². The second-order valence-corrected chi connectivity index (χ2v) is 6.14. The Balaban J connectivity index is 1.96. The molecule has 0 aliphatic rings. The van der Waals surface area contributed by atoms with Gasteiger partial charge in [-0.05, 0) is 47.4 Å². The highest BCUT2D eigenvalue weighted by Crippen LogP contribution is 2.26. The zero-order chi connectivity index (χ0) is 14.8. The first-order valence-corrected chi connectivity index (χ1v) is 8.30. The molecule has 0 spiro atoms. The van der Waals surface area contributed by atoms with E-state index in [9.17, 15) is 5.11 Å². The van der Waals surface area contributed by atoms with Gasteiger partial charge in [0.25, 0.3) is 0 Å². The zero-order valence-electron chi connectivity index (χ0n) is 12.4. The predicted octanol–water partition coefficient (Wildman–Crippen LogP) is 4.09. The Labute approximate surface area is 128 Å². The summed E-state index contributed by atoms with van der Waals surface area (Å²) in [6.07, 6.45) is 1.14. The number of nitrogens with zero attached hydrogens (tertiary/aromatic N) is 2. The average Bonchev–Trinajstić information content (AvgIpc) is 3.04. The Kier molecular flexibility index (Phi) is 4.08. The van der Waals surface area contributed by atoms with E-state index in [4.69, 9.17) is 4.98 Å². The third-order valence-corrected chi connectivity index (χ3v) is 4.69. The van der Waals surface area contributed by atoms with Crippen molar-refractivity contribution in [3.63, 3.8) is 0 Å². The molecule has 3 aromatic rings. The molecule has 0 radical (unpaired) electrons. The number of hydrogen-bond acceptors (Lipinski definition) is 3. The first-order valence-electron chi connectivity index (χ1n) is 7.35. The van der Waals surface area contributed by atoms with Crippen molar-refractivity contribution in [2.75, 3.05) is 0 Å². The summed E-state index contributed by atoms with van der Waals surface area (Å²) < 4.78 is 2.24. The number of fused-ring (bicyclic) bond motifs is 1. The molecule has 4 heteroatoms. The molecule has 0 saturated heterocycles. The average molecular weight is 300 g/mol. The van der Waals surface area contributed by atoms with Crippen LogP contribution in [0, 0.1) is 6.92 Å². The minimum Gasteiger partial charge on any atom is -0.388 e. The molecule has 2 aromatic heterocycles. The number of rotatable bonds is 5. The number of aliphatic hydroxyl groups excluding tert-OH is 1. The molecule has 110 valence electrons. The fraction of sp³-hybridized carbons (Fsp3) is 0.353. The minimum atomic E-state index is -0.483. The van der Waals surface area contributed by atoms with Crippen LogP contribution in [0.5, 0.6) is 0 Å². The third kappa shape index (κ3) is 2.74. The van der Waals surface area contributed by atoms with Crippen LogP contribution in [0.3, 0.4) is 0 Å². The van der Waals surface area contributed by atoms with Crippen LogP contribution in [0.25, 0.3) is 11.0 Å². The molecule has 0 aliphatic heterocycles. The lowest BCUT2D eigenvalue weighted by molar-refractivity contribution is 0.174. The van der Waals surface area contributed by atoms with Gasteiger partial charge in [-0.15, -0.1) is 0 Å². The highest BCUT2D eigenvalue weighted by atomic mass is 32.1. The van der Waals surface area contributed by atoms with Crippen molar-refractivity contribution >= 4 is 22.4 Å². The van der Waals surface area contributed by atoms with E-state index in [1.165, 1.54) is 0 Å². The molecular weight excluding hydrogens is 280 g/mol. The highest BCUT2D eigenvalue weighted by molar-refractivity contribution is 7.08. The van der Waals surface area contributed by atoms with Crippen LogP contribution in [-0.2, 0) is 13.0 Å². The van der Waals surface area contributed by atoms with Crippen molar-refractivity contribution in [2.45, 2.75) is 39.3 Å². The third-order valence-electron chi connectivity index (χ3n) is 3.81. The number of imidazole rings is 1. The maximum absolute atomic E-state index is 10.5. The van der Waals surface area contributed by atoms with Gasteiger partial charge in [-0.3, -0.25) is 0 Å². The molecule has 2 heterocycles. The summed E-state index contributed by atoms with van der Waals surface area (Å²) in [4.78, 5) is 4.72. The first kappa shape index (κ1) is 14.3. The minimum absolute atomic E-state index is 0.483. The van der Waals surface area contributed by atoms with Crippen molar-refractivity contribution in [3.8, 4) is 0 Å². The van der Waals surface area contributed by atoms with E-state index in [2.05, 4.69) is 22.9 Å². The van der Waals surface area contributed by atoms with Gasteiger partial charge in [-0.25, -0.2) is 4.98 Å². The van der Waals surface area contributed by atoms with Crippen molar-refractivity contribution in [1.82, 2.24) is 9.55 Å². The molecule has 3 rings (SSSR count). The topological polar surface area (TPSA) is 38.0 Å². The molecule has 3 nitrogen and oxygen atoms in total. The van der Waals surface area contributed by atoms with Gasteiger partial charge >= 0.3 is 0 Å². The lowest BCUT2D eigenvalue weighted by Gasteiger charge is -2.12. The van der Waals surface area contributed by atoms with Crippen LogP contribution in [-0.4, -0.2) is 14.7 Å². The largest absolute Gasteiger partial charge is 0.388 e. The Hall–Kier alpha value is -1.65. The lowest BCUT2D eigenvalue weighted by Crippen LogP contribution is -2.09. The Morgan fingerprint density at radius 1 is 1.29 bits per heavy atom. The number of thiophene rings is 1. The summed E-state index contributed by atoms with van der Waals surface area (Å²) in [6.45, 7) is 5.15. The van der Waals surface area contributed by atoms with E-state index in [0.29, 0.717) is 6.42 Å². The molecule has 0 bridgehead atoms. The van der Waals surface area contributed by atoms with E-state index in [0.717, 1.165) is 41.0 Å². The fourth-order valence-corrected chi connectivity index (χ4v) is 3.65. The standard InChI is InChI=1S/C17H20N2OS/c1-3-8-19-15-7-5-4-6-14(15)18-17(19)9-16(20)13-11-21-10-12(13)2/h4-7,10-11,16,20H,3,8-9H2,1-2H3. The van der Waals surface area contributed by atoms with Crippen molar-refractivity contribution in [3.05, 3.63) is 52.0 Å². The molecule has 1 aromatic carbocycles. The van der Waals surface area contributed by atoms with Gasteiger partial charge in [0.05, 0.1) is 17.1 Å². The molecule has 1 unspecified atom stereocenters. The number of aromatic nitrogens is 2. The molecular formula is C17H20N2OS. The number of benzene rings is 1. The molecule has 21 heavy (non-hydrogen) atoms. The first-order chi connectivity index (χ1) is 10.2. The van der Waals surface area contributed by atoms with Crippen LogP contribution in [0.4, 0.5) is 0 Å². The van der Waals surface area contributed by atoms with E-state index in [1.54, 1.807) is 11.3 Å². The van der Waals surface area contributed by atoms with Gasteiger partial charge in [0.1, 0.15) is 5.82 Å². The number of para-hydroxylation sites is 2. The second-order valence-electron chi connectivity index (χ2n) is 5.40. The lowest BCUT2D eigenvalue weighted by atomic mass is 10.1.